The Morgan fingerprint density at radius 2 is 1.95 bits per heavy atom. The Bertz CT molecular complexity index is 755. The maximum absolute atomic E-state index is 11.4. The monoisotopic (exact) mass is 285 g/mol. The smallest absolute Gasteiger partial charge is 0.213 e. The van der Waals surface area contributed by atoms with Crippen molar-refractivity contribution in [1.29, 1.82) is 0 Å². The van der Waals surface area contributed by atoms with Crippen molar-refractivity contribution in [1.82, 2.24) is 14.6 Å². The fourth-order valence-corrected chi connectivity index (χ4v) is 3.00. The van der Waals surface area contributed by atoms with Gasteiger partial charge in [-0.15, -0.1) is 0 Å². The third-order valence-electron chi connectivity index (χ3n) is 3.33. The molecule has 0 unspecified atom stereocenters. The van der Waals surface area contributed by atoms with Gasteiger partial charge >= 0.3 is 0 Å². The first-order valence-corrected chi connectivity index (χ1v) is 7.51. The molecule has 0 aliphatic heterocycles. The van der Waals surface area contributed by atoms with Gasteiger partial charge in [0.2, 0.25) is 4.96 Å². The van der Waals surface area contributed by atoms with Crippen LogP contribution in [0, 0.1) is 0 Å². The summed E-state index contributed by atoms with van der Waals surface area (Å²) in [6.45, 7) is 4.16. The van der Waals surface area contributed by atoms with Crippen molar-refractivity contribution in [3.8, 4) is 11.3 Å². The van der Waals surface area contributed by atoms with E-state index in [9.17, 15) is 4.79 Å². The van der Waals surface area contributed by atoms with Crippen molar-refractivity contribution in [3.63, 3.8) is 0 Å². The van der Waals surface area contributed by atoms with E-state index in [-0.39, 0.29) is 0 Å². The van der Waals surface area contributed by atoms with E-state index in [0.717, 1.165) is 34.7 Å². The van der Waals surface area contributed by atoms with Gasteiger partial charge in [0, 0.05) is 5.56 Å². The first kappa shape index (κ1) is 13.0. The molecule has 4 nitrogen and oxygen atoms in total. The van der Waals surface area contributed by atoms with Gasteiger partial charge in [-0.2, -0.15) is 9.61 Å². The standard InChI is InChI=1S/C15H15N3OS/c1-3-10-5-7-11(8-6-10)14-12(9-19)18-15(16-14)20-13(4-2)17-18/h5-9H,3-4H2,1-2H3. The van der Waals surface area contributed by atoms with Crippen molar-refractivity contribution in [2.75, 3.05) is 0 Å². The molecule has 0 spiro atoms. The van der Waals surface area contributed by atoms with E-state index >= 15 is 0 Å². The van der Waals surface area contributed by atoms with Crippen LogP contribution in [0.25, 0.3) is 16.2 Å². The fraction of sp³-hybridized carbons (Fsp3) is 0.267. The van der Waals surface area contributed by atoms with Crippen LogP contribution in [-0.2, 0) is 12.8 Å². The minimum atomic E-state index is 0.528. The number of aryl methyl sites for hydroxylation is 2. The Kier molecular flexibility index (Phi) is 3.36. The lowest BCUT2D eigenvalue weighted by molar-refractivity contribution is 0.111. The number of carbonyl (C=O) groups excluding carboxylic acids is 1. The zero-order valence-corrected chi connectivity index (χ0v) is 12.3. The van der Waals surface area contributed by atoms with Crippen LogP contribution >= 0.6 is 11.3 Å². The number of hydrogen-bond donors (Lipinski definition) is 0. The van der Waals surface area contributed by atoms with Gasteiger partial charge in [0.05, 0.1) is 0 Å². The molecule has 1 aromatic carbocycles. The topological polar surface area (TPSA) is 47.3 Å². The highest BCUT2D eigenvalue weighted by Gasteiger charge is 2.16. The molecule has 0 fully saturated rings. The van der Waals surface area contributed by atoms with Crippen LogP contribution in [0.4, 0.5) is 0 Å². The fourth-order valence-electron chi connectivity index (χ4n) is 2.16. The van der Waals surface area contributed by atoms with Crippen LogP contribution in [0.5, 0.6) is 0 Å². The Labute approximate surface area is 121 Å². The van der Waals surface area contributed by atoms with E-state index in [1.54, 1.807) is 4.52 Å². The second kappa shape index (κ2) is 5.17. The van der Waals surface area contributed by atoms with Crippen molar-refractivity contribution in [2.45, 2.75) is 26.7 Å². The summed E-state index contributed by atoms with van der Waals surface area (Å²) >= 11 is 1.53. The molecule has 2 aromatic heterocycles. The van der Waals surface area contributed by atoms with Crippen LogP contribution in [-0.4, -0.2) is 20.9 Å². The number of carbonyl (C=O) groups is 1. The summed E-state index contributed by atoms with van der Waals surface area (Å²) in [7, 11) is 0. The number of fused-ring (bicyclic) bond motifs is 1. The third-order valence-corrected chi connectivity index (χ3v) is 4.38. The Balaban J connectivity index is 2.14. The first-order chi connectivity index (χ1) is 9.76. The maximum atomic E-state index is 11.4. The van der Waals surface area contributed by atoms with Crippen LogP contribution in [0.2, 0.25) is 0 Å². The zero-order chi connectivity index (χ0) is 14.1. The maximum Gasteiger partial charge on any atom is 0.213 e. The quantitative estimate of drug-likeness (QED) is 0.690. The third kappa shape index (κ3) is 2.04. The molecule has 0 N–H and O–H groups in total. The molecular formula is C15H15N3OS. The predicted molar refractivity (Wildman–Crippen MR) is 80.4 cm³/mol. The number of imidazole rings is 1. The molecule has 0 aliphatic carbocycles. The number of hydrogen-bond acceptors (Lipinski definition) is 4. The highest BCUT2D eigenvalue weighted by atomic mass is 32.1. The van der Waals surface area contributed by atoms with E-state index < -0.39 is 0 Å². The summed E-state index contributed by atoms with van der Waals surface area (Å²) in [5, 5.41) is 5.41. The number of aldehydes is 1. The van der Waals surface area contributed by atoms with Gasteiger partial charge in [0.15, 0.2) is 6.29 Å². The molecule has 5 heteroatoms. The molecule has 3 aromatic rings. The molecule has 2 heterocycles. The van der Waals surface area contributed by atoms with Crippen LogP contribution in [0.3, 0.4) is 0 Å². The molecule has 0 saturated heterocycles. The van der Waals surface area contributed by atoms with Gasteiger partial charge in [0.25, 0.3) is 0 Å². The Morgan fingerprint density at radius 1 is 1.20 bits per heavy atom. The van der Waals surface area contributed by atoms with Crippen molar-refractivity contribution >= 4 is 22.6 Å². The summed E-state index contributed by atoms with van der Waals surface area (Å²) in [6, 6.07) is 8.17. The van der Waals surface area contributed by atoms with E-state index in [4.69, 9.17) is 0 Å². The van der Waals surface area contributed by atoms with Crippen molar-refractivity contribution in [3.05, 3.63) is 40.5 Å². The van der Waals surface area contributed by atoms with Crippen LogP contribution in [0.15, 0.2) is 24.3 Å². The molecule has 0 saturated carbocycles. The zero-order valence-electron chi connectivity index (χ0n) is 11.5. The number of aromatic nitrogens is 3. The van der Waals surface area contributed by atoms with E-state index in [0.29, 0.717) is 11.4 Å². The number of benzene rings is 1. The molecule has 0 bridgehead atoms. The number of rotatable bonds is 4. The molecular weight excluding hydrogens is 270 g/mol. The average Bonchev–Trinajstić information content (AvgIpc) is 3.04. The summed E-state index contributed by atoms with van der Waals surface area (Å²) in [5.41, 5.74) is 3.47. The largest absolute Gasteiger partial charge is 0.296 e. The second-order valence-corrected chi connectivity index (χ2v) is 5.60. The van der Waals surface area contributed by atoms with E-state index in [1.807, 2.05) is 19.1 Å². The Hall–Kier alpha value is -2.01. The Morgan fingerprint density at radius 3 is 2.55 bits per heavy atom. The minimum absolute atomic E-state index is 0.528. The first-order valence-electron chi connectivity index (χ1n) is 6.69. The lowest BCUT2D eigenvalue weighted by Gasteiger charge is -2.00. The molecule has 20 heavy (non-hydrogen) atoms. The van der Waals surface area contributed by atoms with Gasteiger partial charge in [-0.05, 0) is 18.4 Å². The van der Waals surface area contributed by atoms with Crippen LogP contribution in [0.1, 0.15) is 34.9 Å². The second-order valence-electron chi connectivity index (χ2n) is 4.56. The van der Waals surface area contributed by atoms with Crippen molar-refractivity contribution < 1.29 is 4.79 Å². The summed E-state index contributed by atoms with van der Waals surface area (Å²) in [5.74, 6) is 0. The molecule has 0 radical (unpaired) electrons. The molecule has 0 amide bonds. The lowest BCUT2D eigenvalue weighted by atomic mass is 10.1. The van der Waals surface area contributed by atoms with Gasteiger partial charge in [-0.25, -0.2) is 4.98 Å². The molecule has 3 rings (SSSR count). The van der Waals surface area contributed by atoms with Gasteiger partial charge in [-0.3, -0.25) is 4.79 Å². The SMILES string of the molecule is CCc1ccc(-c2nc3sc(CC)nn3c2C=O)cc1. The highest BCUT2D eigenvalue weighted by molar-refractivity contribution is 7.16. The molecule has 0 aliphatic rings. The lowest BCUT2D eigenvalue weighted by Crippen LogP contribution is -1.95. The van der Waals surface area contributed by atoms with Crippen molar-refractivity contribution in [2.24, 2.45) is 0 Å². The van der Waals surface area contributed by atoms with Gasteiger partial charge in [-0.1, -0.05) is 49.4 Å². The normalized spacial score (nSPS) is 11.1. The van der Waals surface area contributed by atoms with Crippen LogP contribution < -0.4 is 0 Å². The number of nitrogens with zero attached hydrogens (tertiary/aromatic N) is 3. The summed E-state index contributed by atoms with van der Waals surface area (Å²) in [6.07, 6.45) is 2.69. The van der Waals surface area contributed by atoms with E-state index in [1.165, 1.54) is 16.9 Å². The summed E-state index contributed by atoms with van der Waals surface area (Å²) in [4.78, 5) is 16.7. The van der Waals surface area contributed by atoms with Gasteiger partial charge < -0.3 is 0 Å². The molecule has 0 atom stereocenters. The average molecular weight is 285 g/mol. The summed E-state index contributed by atoms with van der Waals surface area (Å²) < 4.78 is 1.65. The minimum Gasteiger partial charge on any atom is -0.296 e. The van der Waals surface area contributed by atoms with Gasteiger partial charge in [0.1, 0.15) is 16.4 Å². The molecule has 102 valence electrons. The highest BCUT2D eigenvalue weighted by Crippen LogP contribution is 2.26. The van der Waals surface area contributed by atoms with E-state index in [2.05, 4.69) is 29.1 Å². The predicted octanol–water partition coefficient (Wildman–Crippen LogP) is 3.40.